The number of nitrogens with zero attached hydrogens (tertiary/aromatic N) is 2. The van der Waals surface area contributed by atoms with E-state index in [2.05, 4.69) is 51.7 Å². The Bertz CT molecular complexity index is 1470. The van der Waals surface area contributed by atoms with Gasteiger partial charge in [0, 0.05) is 6.20 Å². The predicted molar refractivity (Wildman–Crippen MR) is 151 cm³/mol. The molecule has 4 aromatic carbocycles. The van der Waals surface area contributed by atoms with Gasteiger partial charge in [-0.25, -0.2) is 0 Å². The molecule has 0 saturated heterocycles. The molecule has 5 rings (SSSR count). The molecule has 0 radical (unpaired) electrons. The van der Waals surface area contributed by atoms with Crippen LogP contribution in [0.5, 0.6) is 11.5 Å². The maximum atomic E-state index is 11.8. The van der Waals surface area contributed by atoms with Gasteiger partial charge in [0.2, 0.25) is 0 Å². The van der Waals surface area contributed by atoms with Crippen molar-refractivity contribution in [1.29, 1.82) is 0 Å². The summed E-state index contributed by atoms with van der Waals surface area (Å²) in [5.41, 5.74) is 5.93. The van der Waals surface area contributed by atoms with Crippen LogP contribution in [0.25, 0.3) is 21.5 Å². The number of hydrogen-bond donors (Lipinski definition) is 0. The third-order valence-corrected chi connectivity index (χ3v) is 6.41. The van der Waals surface area contributed by atoms with Crippen molar-refractivity contribution < 1.29 is 26.7 Å². The summed E-state index contributed by atoms with van der Waals surface area (Å²) < 4.78 is 0. The van der Waals surface area contributed by atoms with Crippen LogP contribution in [0.3, 0.4) is 0 Å². The molecule has 0 aliphatic rings. The van der Waals surface area contributed by atoms with E-state index in [9.17, 15) is 10.2 Å². The zero-order valence-corrected chi connectivity index (χ0v) is 23.3. The molecule has 4 nitrogen and oxygen atoms in total. The molecule has 0 unspecified atom stereocenters. The van der Waals surface area contributed by atoms with E-state index in [0.29, 0.717) is 22.6 Å². The largest absolute Gasteiger partial charge is 2.00 e. The Hall–Kier alpha value is -3.69. The second-order valence-electron chi connectivity index (χ2n) is 9.86. The first-order chi connectivity index (χ1) is 17.8. The quantitative estimate of drug-likeness (QED) is 0.133. The molecular formula is C33H32N2NiO2. The topological polar surface area (TPSA) is 71.4 Å². The summed E-state index contributed by atoms with van der Waals surface area (Å²) in [5.74, 6) is 0.0974. The average molecular weight is 547 g/mol. The average Bonchev–Trinajstić information content (AvgIpc) is 2.91. The van der Waals surface area contributed by atoms with Crippen LogP contribution in [0, 0.1) is 6.92 Å². The van der Waals surface area contributed by atoms with Crippen molar-refractivity contribution in [3.05, 3.63) is 107 Å². The first-order valence-electron chi connectivity index (χ1n) is 12.6. The number of aryl methyl sites for hydroxylation is 1. The van der Waals surface area contributed by atoms with Crippen LogP contribution in [0.15, 0.2) is 90.1 Å². The molecular weight excluding hydrogens is 515 g/mol. The molecule has 38 heavy (non-hydrogen) atoms. The van der Waals surface area contributed by atoms with Gasteiger partial charge in [0.1, 0.15) is 0 Å². The first kappa shape index (κ1) is 28.9. The van der Waals surface area contributed by atoms with Crippen LogP contribution in [0.1, 0.15) is 61.9 Å². The predicted octanol–water partition coefficient (Wildman–Crippen LogP) is 7.53. The Morgan fingerprint density at radius 3 is 1.55 bits per heavy atom. The van der Waals surface area contributed by atoms with Gasteiger partial charge in [-0.15, -0.1) is 11.5 Å². The normalized spacial score (nSPS) is 11.1. The maximum absolute atomic E-state index is 11.8. The van der Waals surface area contributed by atoms with E-state index in [1.165, 1.54) is 16.7 Å². The van der Waals surface area contributed by atoms with E-state index in [0.717, 1.165) is 22.2 Å². The number of aromatic nitrogens is 1. The van der Waals surface area contributed by atoms with Crippen LogP contribution < -0.4 is 10.2 Å². The van der Waals surface area contributed by atoms with E-state index in [1.807, 2.05) is 48.7 Å². The van der Waals surface area contributed by atoms with Gasteiger partial charge < -0.3 is 10.2 Å². The molecule has 0 fully saturated rings. The van der Waals surface area contributed by atoms with Gasteiger partial charge in [0.25, 0.3) is 0 Å². The summed E-state index contributed by atoms with van der Waals surface area (Å²) >= 11 is 0. The number of hydrogen-bond acceptors (Lipinski definition) is 4. The number of fused-ring (bicyclic) bond motifs is 3. The number of benzene rings is 4. The fourth-order valence-corrected chi connectivity index (χ4v) is 4.52. The van der Waals surface area contributed by atoms with Crippen molar-refractivity contribution in [3.8, 4) is 11.5 Å². The molecule has 0 amide bonds. The SMILES string of the molecule is Cc1cc(C(C)C)c(N=Cc2ccccn2)c(C(C)C)c1.[Ni+2].[O-]c1c([O-])c2ccccc2c2ccccc12. The van der Waals surface area contributed by atoms with Crippen molar-refractivity contribution in [2.75, 3.05) is 0 Å². The Kier molecular flexibility index (Phi) is 9.66. The van der Waals surface area contributed by atoms with Crippen molar-refractivity contribution in [2.45, 2.75) is 46.5 Å². The second kappa shape index (κ2) is 12.7. The Labute approximate surface area is 235 Å². The summed E-state index contributed by atoms with van der Waals surface area (Å²) in [6.45, 7) is 11.0. The van der Waals surface area contributed by atoms with Gasteiger partial charge in [-0.2, -0.15) is 0 Å². The van der Waals surface area contributed by atoms with E-state index in [1.54, 1.807) is 30.5 Å². The van der Waals surface area contributed by atoms with Gasteiger partial charge in [-0.05, 0) is 63.6 Å². The minimum absolute atomic E-state index is 0. The fraction of sp³-hybridized carbons (Fsp3) is 0.212. The van der Waals surface area contributed by atoms with Gasteiger partial charge in [0.15, 0.2) is 0 Å². The van der Waals surface area contributed by atoms with Gasteiger partial charge >= 0.3 is 16.5 Å². The van der Waals surface area contributed by atoms with Gasteiger partial charge in [0.05, 0.1) is 17.6 Å². The summed E-state index contributed by atoms with van der Waals surface area (Å²) in [4.78, 5) is 9.08. The fourth-order valence-electron chi connectivity index (χ4n) is 4.52. The molecule has 1 aromatic heterocycles. The van der Waals surface area contributed by atoms with Gasteiger partial charge in [-0.1, -0.05) is 100.0 Å². The van der Waals surface area contributed by atoms with Crippen LogP contribution in [0.2, 0.25) is 0 Å². The summed E-state index contributed by atoms with van der Waals surface area (Å²) in [6, 6.07) is 24.8. The smallest absolute Gasteiger partial charge is 0.872 e. The minimum atomic E-state index is -0.408. The molecule has 0 aliphatic carbocycles. The zero-order chi connectivity index (χ0) is 26.5. The second-order valence-corrected chi connectivity index (χ2v) is 9.86. The molecule has 0 saturated carbocycles. The molecule has 5 aromatic rings. The van der Waals surface area contributed by atoms with Crippen molar-refractivity contribution in [2.24, 2.45) is 4.99 Å². The van der Waals surface area contributed by atoms with E-state index in [4.69, 9.17) is 4.99 Å². The standard InChI is InChI=1S/C19H24N2.C14H10O2.Ni/c1-13(2)17-10-15(5)11-18(14(3)4)19(17)21-12-16-8-6-7-9-20-16;15-13-11-7-3-1-5-9(11)10-6-2-4-8-12(10)14(13)16;/h6-14H,1-5H3;1-8,15-16H;/q;;+2/p-2. The van der Waals surface area contributed by atoms with Crippen LogP contribution in [-0.2, 0) is 16.5 Å². The maximum Gasteiger partial charge on any atom is 2.00 e. The summed E-state index contributed by atoms with van der Waals surface area (Å²) in [6.07, 6.45) is 3.66. The third kappa shape index (κ3) is 6.23. The minimum Gasteiger partial charge on any atom is -0.872 e. The summed E-state index contributed by atoms with van der Waals surface area (Å²) in [7, 11) is 0. The first-order valence-corrected chi connectivity index (χ1v) is 12.6. The summed E-state index contributed by atoms with van der Waals surface area (Å²) in [5, 5.41) is 26.4. The number of aliphatic imine (C=N–C) groups is 1. The molecule has 1 heterocycles. The van der Waals surface area contributed by atoms with E-state index >= 15 is 0 Å². The Morgan fingerprint density at radius 2 is 1.13 bits per heavy atom. The number of rotatable bonds is 4. The molecule has 196 valence electrons. The van der Waals surface area contributed by atoms with E-state index < -0.39 is 11.5 Å². The monoisotopic (exact) mass is 546 g/mol. The molecule has 0 bridgehead atoms. The zero-order valence-electron chi connectivity index (χ0n) is 22.3. The Morgan fingerprint density at radius 1 is 0.684 bits per heavy atom. The van der Waals surface area contributed by atoms with Crippen molar-refractivity contribution >= 4 is 33.4 Å². The molecule has 0 spiro atoms. The third-order valence-electron chi connectivity index (χ3n) is 6.41. The molecule has 0 aliphatic heterocycles. The Balaban J connectivity index is 0.000000211. The van der Waals surface area contributed by atoms with Crippen molar-refractivity contribution in [1.82, 2.24) is 4.98 Å². The van der Waals surface area contributed by atoms with Crippen LogP contribution in [-0.4, -0.2) is 11.2 Å². The number of pyridine rings is 1. The van der Waals surface area contributed by atoms with Crippen molar-refractivity contribution in [3.63, 3.8) is 0 Å². The van der Waals surface area contributed by atoms with Gasteiger partial charge in [-0.3, -0.25) is 9.98 Å². The van der Waals surface area contributed by atoms with Crippen LogP contribution >= 0.6 is 0 Å². The molecule has 0 N–H and O–H groups in total. The van der Waals surface area contributed by atoms with E-state index in [-0.39, 0.29) is 16.5 Å². The van der Waals surface area contributed by atoms with Crippen LogP contribution in [0.4, 0.5) is 5.69 Å². The molecule has 0 atom stereocenters. The molecule has 5 heteroatoms.